The van der Waals surface area contributed by atoms with E-state index in [1.54, 1.807) is 0 Å². The van der Waals surface area contributed by atoms with Crippen molar-refractivity contribution in [2.24, 2.45) is 18.0 Å². The van der Waals surface area contributed by atoms with Crippen LogP contribution in [-0.4, -0.2) is 53.9 Å². The van der Waals surface area contributed by atoms with Crippen LogP contribution in [0.2, 0.25) is 0 Å². The van der Waals surface area contributed by atoms with Crippen molar-refractivity contribution in [3.8, 4) is 0 Å². The summed E-state index contributed by atoms with van der Waals surface area (Å²) >= 11 is 0. The Bertz CT molecular complexity index is 518. The van der Waals surface area contributed by atoms with Gasteiger partial charge < -0.3 is 10.6 Å². The van der Waals surface area contributed by atoms with Crippen LogP contribution in [0.15, 0.2) is 17.3 Å². The molecule has 1 aliphatic heterocycles. The number of piperidine rings is 1. The molecule has 2 N–H and O–H groups in total. The van der Waals surface area contributed by atoms with Gasteiger partial charge in [-0.1, -0.05) is 0 Å². The van der Waals surface area contributed by atoms with Crippen molar-refractivity contribution in [2.75, 3.05) is 27.2 Å². The molecule has 3 rings (SSSR count). The van der Waals surface area contributed by atoms with Gasteiger partial charge in [-0.05, 0) is 51.3 Å². The molecule has 122 valence electrons. The summed E-state index contributed by atoms with van der Waals surface area (Å²) in [5.41, 5.74) is 1.30. The lowest BCUT2D eigenvalue weighted by molar-refractivity contribution is 0.116. The zero-order chi connectivity index (χ0) is 15.5. The summed E-state index contributed by atoms with van der Waals surface area (Å²) in [6, 6.07) is 3.21. The molecule has 2 aliphatic rings. The third-order valence-electron chi connectivity index (χ3n) is 4.84. The smallest absolute Gasteiger partial charge is 0.191 e. The van der Waals surface area contributed by atoms with Crippen LogP contribution in [0.3, 0.4) is 0 Å². The number of aromatic nitrogens is 2. The molecule has 2 fully saturated rings. The van der Waals surface area contributed by atoms with Gasteiger partial charge in [0.2, 0.25) is 0 Å². The summed E-state index contributed by atoms with van der Waals surface area (Å²) < 4.78 is 2.01. The minimum absolute atomic E-state index is 0.424. The third kappa shape index (κ3) is 3.43. The number of guanidine groups is 1. The molecule has 2 heterocycles. The molecule has 0 radical (unpaired) electrons. The molecule has 1 aromatic rings. The van der Waals surface area contributed by atoms with E-state index in [0.29, 0.717) is 18.0 Å². The molecule has 2 atom stereocenters. The number of likely N-dealkylation sites (tertiary alicyclic amines) is 1. The van der Waals surface area contributed by atoms with Crippen LogP contribution in [-0.2, 0) is 7.05 Å². The van der Waals surface area contributed by atoms with Crippen molar-refractivity contribution >= 4 is 5.96 Å². The van der Waals surface area contributed by atoms with E-state index in [0.717, 1.165) is 19.0 Å². The van der Waals surface area contributed by atoms with Gasteiger partial charge in [0, 0.05) is 32.9 Å². The second-order valence-corrected chi connectivity index (χ2v) is 6.58. The van der Waals surface area contributed by atoms with Gasteiger partial charge in [0.05, 0.1) is 11.7 Å². The van der Waals surface area contributed by atoms with Gasteiger partial charge in [-0.2, -0.15) is 5.10 Å². The monoisotopic (exact) mass is 304 g/mol. The maximum Gasteiger partial charge on any atom is 0.191 e. The molecule has 6 nitrogen and oxygen atoms in total. The number of rotatable bonds is 4. The fourth-order valence-corrected chi connectivity index (χ4v) is 3.46. The summed E-state index contributed by atoms with van der Waals surface area (Å²) in [7, 11) is 6.11. The number of nitrogens with zero attached hydrogens (tertiary/aromatic N) is 4. The van der Waals surface area contributed by atoms with Crippen LogP contribution >= 0.6 is 0 Å². The molecule has 1 aromatic heterocycles. The molecule has 0 amide bonds. The Balaban J connectivity index is 1.65. The predicted molar refractivity (Wildman–Crippen MR) is 88.8 cm³/mol. The Morgan fingerprint density at radius 1 is 1.36 bits per heavy atom. The van der Waals surface area contributed by atoms with Crippen molar-refractivity contribution < 1.29 is 0 Å². The van der Waals surface area contributed by atoms with Gasteiger partial charge in [-0.15, -0.1) is 0 Å². The number of hydrogen-bond acceptors (Lipinski definition) is 3. The van der Waals surface area contributed by atoms with E-state index in [4.69, 9.17) is 0 Å². The number of nitrogens with one attached hydrogen (secondary N) is 2. The Labute approximate surface area is 133 Å². The summed E-state index contributed by atoms with van der Waals surface area (Å²) in [6.45, 7) is 2.11. The topological polar surface area (TPSA) is 57.5 Å². The maximum absolute atomic E-state index is 4.35. The van der Waals surface area contributed by atoms with Crippen LogP contribution < -0.4 is 10.6 Å². The summed E-state index contributed by atoms with van der Waals surface area (Å²) in [5.74, 6) is 1.52. The second kappa shape index (κ2) is 6.69. The van der Waals surface area contributed by atoms with Crippen molar-refractivity contribution in [1.82, 2.24) is 25.3 Å². The minimum atomic E-state index is 0.424. The molecule has 1 saturated heterocycles. The van der Waals surface area contributed by atoms with E-state index in [-0.39, 0.29) is 0 Å². The Hall–Kier alpha value is -1.56. The summed E-state index contributed by atoms with van der Waals surface area (Å²) in [4.78, 5) is 6.80. The van der Waals surface area contributed by atoms with Crippen molar-refractivity contribution in [2.45, 2.75) is 37.8 Å². The molecule has 1 aliphatic carbocycles. The van der Waals surface area contributed by atoms with Crippen molar-refractivity contribution in [1.29, 1.82) is 0 Å². The lowest BCUT2D eigenvalue weighted by atomic mass is 9.87. The first-order valence-corrected chi connectivity index (χ1v) is 8.34. The first-order chi connectivity index (χ1) is 10.7. The van der Waals surface area contributed by atoms with E-state index in [9.17, 15) is 0 Å². The highest BCUT2D eigenvalue weighted by Crippen LogP contribution is 2.34. The van der Waals surface area contributed by atoms with Gasteiger partial charge in [-0.3, -0.25) is 14.6 Å². The van der Waals surface area contributed by atoms with Crippen LogP contribution in [0.1, 0.15) is 37.4 Å². The average molecular weight is 304 g/mol. The van der Waals surface area contributed by atoms with E-state index in [1.165, 1.54) is 31.4 Å². The van der Waals surface area contributed by atoms with Gasteiger partial charge >= 0.3 is 0 Å². The molecular weight excluding hydrogens is 276 g/mol. The van der Waals surface area contributed by atoms with Gasteiger partial charge in [0.15, 0.2) is 5.96 Å². The highest BCUT2D eigenvalue weighted by molar-refractivity contribution is 5.80. The molecule has 6 heteroatoms. The standard InChI is InChI=1S/C16H28N6/c1-17-16(20-13-6-7-13)18-11-12-5-4-10-21(2)15(12)14-8-9-19-22(14)3/h8-9,12-13,15H,4-7,10-11H2,1-3H3,(H2,17,18,20)/t12-,15+/m0/s1. The Morgan fingerprint density at radius 2 is 2.18 bits per heavy atom. The fraction of sp³-hybridized carbons (Fsp3) is 0.750. The summed E-state index contributed by atoms with van der Waals surface area (Å²) in [5, 5.41) is 11.3. The molecule has 1 saturated carbocycles. The van der Waals surface area contributed by atoms with Crippen LogP contribution in [0.25, 0.3) is 0 Å². The van der Waals surface area contributed by atoms with Gasteiger partial charge in [0.1, 0.15) is 0 Å². The lowest BCUT2D eigenvalue weighted by Crippen LogP contribution is -2.45. The summed E-state index contributed by atoms with van der Waals surface area (Å²) in [6.07, 6.45) is 6.93. The SMILES string of the molecule is CN=C(NC[C@@H]1CCCN(C)[C@H]1c1ccnn1C)NC1CC1. The van der Waals surface area contributed by atoms with Crippen molar-refractivity contribution in [3.63, 3.8) is 0 Å². The predicted octanol–water partition coefficient (Wildman–Crippen LogP) is 1.13. The van der Waals surface area contributed by atoms with Gasteiger partial charge in [0.25, 0.3) is 0 Å². The van der Waals surface area contributed by atoms with E-state index < -0.39 is 0 Å². The highest BCUT2D eigenvalue weighted by Gasteiger charge is 2.32. The average Bonchev–Trinajstić information content (AvgIpc) is 3.24. The minimum Gasteiger partial charge on any atom is -0.356 e. The lowest BCUT2D eigenvalue weighted by Gasteiger charge is -2.39. The van der Waals surface area contributed by atoms with E-state index in [2.05, 4.69) is 38.7 Å². The third-order valence-corrected chi connectivity index (χ3v) is 4.84. The Morgan fingerprint density at radius 3 is 2.82 bits per heavy atom. The molecule has 0 bridgehead atoms. The molecule has 0 aromatic carbocycles. The molecule has 0 unspecified atom stereocenters. The zero-order valence-corrected chi connectivity index (χ0v) is 13.9. The molecule has 22 heavy (non-hydrogen) atoms. The maximum atomic E-state index is 4.35. The number of aliphatic imine (C=N–C) groups is 1. The highest BCUT2D eigenvalue weighted by atomic mass is 15.3. The van der Waals surface area contributed by atoms with Crippen LogP contribution in [0.5, 0.6) is 0 Å². The largest absolute Gasteiger partial charge is 0.356 e. The van der Waals surface area contributed by atoms with E-state index >= 15 is 0 Å². The zero-order valence-electron chi connectivity index (χ0n) is 13.9. The first-order valence-electron chi connectivity index (χ1n) is 8.34. The fourth-order valence-electron chi connectivity index (χ4n) is 3.46. The Kier molecular flexibility index (Phi) is 4.66. The quantitative estimate of drug-likeness (QED) is 0.647. The second-order valence-electron chi connectivity index (χ2n) is 6.58. The normalized spacial score (nSPS) is 27.0. The van der Waals surface area contributed by atoms with Crippen molar-refractivity contribution in [3.05, 3.63) is 18.0 Å². The molecular formula is C16H28N6. The van der Waals surface area contributed by atoms with Crippen LogP contribution in [0.4, 0.5) is 0 Å². The number of hydrogen-bond donors (Lipinski definition) is 2. The van der Waals surface area contributed by atoms with Gasteiger partial charge in [-0.25, -0.2) is 0 Å². The first kappa shape index (κ1) is 15.3. The number of aryl methyl sites for hydroxylation is 1. The van der Waals surface area contributed by atoms with E-state index in [1.807, 2.05) is 25.0 Å². The molecule has 0 spiro atoms. The van der Waals surface area contributed by atoms with Crippen LogP contribution in [0, 0.1) is 5.92 Å².